The lowest BCUT2D eigenvalue weighted by molar-refractivity contribution is 0.0614. The molecular weight excluding hydrogens is 319 g/mol. The number of hydrogen-bond donors (Lipinski definition) is 0. The van der Waals surface area contributed by atoms with Crippen molar-refractivity contribution in [3.8, 4) is 0 Å². The Bertz CT molecular complexity index is 877. The second kappa shape index (κ2) is 6.47. The van der Waals surface area contributed by atoms with Gasteiger partial charge in [0, 0.05) is 12.1 Å². The highest BCUT2D eigenvalue weighted by Crippen LogP contribution is 2.26. The van der Waals surface area contributed by atoms with Crippen LogP contribution in [0.2, 0.25) is 0 Å². The van der Waals surface area contributed by atoms with Crippen LogP contribution in [-0.2, 0) is 19.5 Å². The number of carbonyl (C=O) groups is 1. The van der Waals surface area contributed by atoms with E-state index >= 15 is 0 Å². The zero-order chi connectivity index (χ0) is 17.2. The van der Waals surface area contributed by atoms with Crippen molar-refractivity contribution in [2.45, 2.75) is 25.6 Å². The molecule has 0 saturated carbocycles. The van der Waals surface area contributed by atoms with E-state index in [-0.39, 0.29) is 17.8 Å². The minimum absolute atomic E-state index is 0.0332. The van der Waals surface area contributed by atoms with Gasteiger partial charge in [-0.1, -0.05) is 24.3 Å². The van der Waals surface area contributed by atoms with Crippen molar-refractivity contribution >= 4 is 5.91 Å². The molecule has 1 aromatic heterocycles. The zero-order valence-corrected chi connectivity index (χ0v) is 13.5. The minimum atomic E-state index is -0.347. The largest absolute Gasteiger partial charge is 0.329 e. The molecule has 0 saturated heterocycles. The second-order valence-corrected chi connectivity index (χ2v) is 6.18. The molecule has 3 aromatic rings. The zero-order valence-electron chi connectivity index (χ0n) is 13.5. The number of carbonyl (C=O) groups excluding carboxylic acids is 1. The van der Waals surface area contributed by atoms with E-state index in [0.717, 1.165) is 12.0 Å². The summed E-state index contributed by atoms with van der Waals surface area (Å²) in [5, 5.41) is 4.16. The Balaban J connectivity index is 1.66. The van der Waals surface area contributed by atoms with Crippen LogP contribution < -0.4 is 0 Å². The molecule has 4 rings (SSSR count). The van der Waals surface area contributed by atoms with E-state index in [9.17, 15) is 9.18 Å². The molecule has 0 bridgehead atoms. The van der Waals surface area contributed by atoms with Gasteiger partial charge >= 0.3 is 0 Å². The van der Waals surface area contributed by atoms with Crippen LogP contribution in [0.25, 0.3) is 0 Å². The van der Waals surface area contributed by atoms with Gasteiger partial charge in [-0.25, -0.2) is 9.37 Å². The van der Waals surface area contributed by atoms with E-state index in [0.29, 0.717) is 18.7 Å². The first-order chi connectivity index (χ1) is 12.2. The van der Waals surface area contributed by atoms with Crippen LogP contribution in [0.4, 0.5) is 4.39 Å². The van der Waals surface area contributed by atoms with E-state index < -0.39 is 0 Å². The first kappa shape index (κ1) is 15.5. The van der Waals surface area contributed by atoms with Crippen molar-refractivity contribution in [1.29, 1.82) is 0 Å². The van der Waals surface area contributed by atoms with Gasteiger partial charge in [-0.2, -0.15) is 5.10 Å². The van der Waals surface area contributed by atoms with Crippen LogP contribution in [0.1, 0.15) is 21.5 Å². The maximum Gasteiger partial charge on any atom is 0.254 e. The van der Waals surface area contributed by atoms with Crippen LogP contribution in [0.5, 0.6) is 0 Å². The molecule has 0 spiro atoms. The van der Waals surface area contributed by atoms with E-state index in [1.807, 2.05) is 23.1 Å². The molecule has 6 heteroatoms. The number of nitrogens with zero attached hydrogens (tertiary/aromatic N) is 4. The summed E-state index contributed by atoms with van der Waals surface area (Å²) in [6, 6.07) is 13.8. The van der Waals surface area contributed by atoms with Crippen molar-refractivity contribution in [2.24, 2.45) is 0 Å². The summed E-state index contributed by atoms with van der Waals surface area (Å²) in [6.45, 7) is 1.10. The van der Waals surface area contributed by atoms with Gasteiger partial charge in [-0.3, -0.25) is 9.48 Å². The Kier molecular flexibility index (Phi) is 4.01. The van der Waals surface area contributed by atoms with Crippen LogP contribution >= 0.6 is 0 Å². The topological polar surface area (TPSA) is 51.0 Å². The standard InChI is InChI=1S/C19H17FN4O/c20-17-7-5-14(6-8-17)19(25)24-10-16-4-2-1-3-15(16)9-18(24)11-23-13-21-12-22-23/h1-8,12-13,18H,9-11H2/t18-/m0/s1. The Morgan fingerprint density at radius 1 is 1.12 bits per heavy atom. The number of halogens is 1. The Morgan fingerprint density at radius 2 is 1.88 bits per heavy atom. The van der Waals surface area contributed by atoms with Crippen molar-refractivity contribution in [1.82, 2.24) is 19.7 Å². The van der Waals surface area contributed by atoms with E-state index in [1.54, 1.807) is 11.0 Å². The lowest BCUT2D eigenvalue weighted by Gasteiger charge is -2.37. The Hall–Kier alpha value is -3.02. The molecule has 5 nitrogen and oxygen atoms in total. The molecule has 0 aliphatic carbocycles. The number of fused-ring (bicyclic) bond motifs is 1. The highest BCUT2D eigenvalue weighted by molar-refractivity contribution is 5.94. The molecule has 0 radical (unpaired) electrons. The molecular formula is C19H17FN4O. The smallest absolute Gasteiger partial charge is 0.254 e. The second-order valence-electron chi connectivity index (χ2n) is 6.18. The van der Waals surface area contributed by atoms with E-state index in [2.05, 4.69) is 16.1 Å². The normalized spacial score (nSPS) is 16.5. The monoisotopic (exact) mass is 336 g/mol. The number of amides is 1. The molecule has 2 heterocycles. The Morgan fingerprint density at radius 3 is 2.60 bits per heavy atom. The summed E-state index contributed by atoms with van der Waals surface area (Å²) < 4.78 is 14.9. The minimum Gasteiger partial charge on any atom is -0.329 e. The maximum absolute atomic E-state index is 13.2. The molecule has 1 aliphatic rings. The molecule has 2 aromatic carbocycles. The van der Waals surface area contributed by atoms with Gasteiger partial charge in [-0.15, -0.1) is 0 Å². The average Bonchev–Trinajstić information content (AvgIpc) is 3.14. The summed E-state index contributed by atoms with van der Waals surface area (Å²) in [4.78, 5) is 18.8. The lowest BCUT2D eigenvalue weighted by atomic mass is 9.93. The predicted octanol–water partition coefficient (Wildman–Crippen LogP) is 2.68. The first-order valence-electron chi connectivity index (χ1n) is 8.16. The molecule has 0 fully saturated rings. The van der Waals surface area contributed by atoms with Gasteiger partial charge in [0.1, 0.15) is 18.5 Å². The molecule has 0 N–H and O–H groups in total. The third kappa shape index (κ3) is 3.15. The van der Waals surface area contributed by atoms with E-state index in [4.69, 9.17) is 0 Å². The molecule has 126 valence electrons. The van der Waals surface area contributed by atoms with Crippen molar-refractivity contribution < 1.29 is 9.18 Å². The third-order valence-corrected chi connectivity index (χ3v) is 4.57. The quantitative estimate of drug-likeness (QED) is 0.739. The predicted molar refractivity (Wildman–Crippen MR) is 90.2 cm³/mol. The summed E-state index contributed by atoms with van der Waals surface area (Å²) in [5.41, 5.74) is 2.88. The SMILES string of the molecule is O=C(c1ccc(F)cc1)N1Cc2ccccc2C[C@H]1Cn1cncn1. The molecule has 0 unspecified atom stereocenters. The number of hydrogen-bond acceptors (Lipinski definition) is 3. The third-order valence-electron chi connectivity index (χ3n) is 4.57. The maximum atomic E-state index is 13.2. The first-order valence-corrected chi connectivity index (χ1v) is 8.16. The molecule has 1 amide bonds. The van der Waals surface area contributed by atoms with Gasteiger partial charge in [0.2, 0.25) is 0 Å². The average molecular weight is 336 g/mol. The molecule has 1 aliphatic heterocycles. The van der Waals surface area contributed by atoms with Crippen LogP contribution in [0.3, 0.4) is 0 Å². The summed E-state index contributed by atoms with van der Waals surface area (Å²) in [6.07, 6.45) is 3.90. The summed E-state index contributed by atoms with van der Waals surface area (Å²) in [5.74, 6) is -0.445. The fourth-order valence-corrected chi connectivity index (χ4v) is 3.29. The van der Waals surface area contributed by atoms with Gasteiger partial charge in [0.05, 0.1) is 12.6 Å². The van der Waals surface area contributed by atoms with Gasteiger partial charge in [0.25, 0.3) is 5.91 Å². The van der Waals surface area contributed by atoms with Crippen LogP contribution in [0, 0.1) is 5.82 Å². The highest BCUT2D eigenvalue weighted by Gasteiger charge is 2.30. The molecule has 1 atom stereocenters. The number of rotatable bonds is 3. The fourth-order valence-electron chi connectivity index (χ4n) is 3.29. The van der Waals surface area contributed by atoms with Gasteiger partial charge < -0.3 is 4.90 Å². The van der Waals surface area contributed by atoms with Crippen molar-refractivity contribution in [2.75, 3.05) is 0 Å². The van der Waals surface area contributed by atoms with E-state index in [1.165, 1.54) is 36.2 Å². The van der Waals surface area contributed by atoms with Gasteiger partial charge in [0.15, 0.2) is 0 Å². The van der Waals surface area contributed by atoms with Crippen LogP contribution in [0.15, 0.2) is 61.2 Å². The van der Waals surface area contributed by atoms with Crippen molar-refractivity contribution in [3.05, 3.63) is 83.7 Å². The summed E-state index contributed by atoms with van der Waals surface area (Å²) >= 11 is 0. The molecule has 25 heavy (non-hydrogen) atoms. The highest BCUT2D eigenvalue weighted by atomic mass is 19.1. The number of aromatic nitrogens is 3. The lowest BCUT2D eigenvalue weighted by Crippen LogP contribution is -2.46. The fraction of sp³-hybridized carbons (Fsp3) is 0.211. The Labute approximate surface area is 144 Å². The van der Waals surface area contributed by atoms with Crippen LogP contribution in [-0.4, -0.2) is 31.6 Å². The number of benzene rings is 2. The van der Waals surface area contributed by atoms with Crippen molar-refractivity contribution in [3.63, 3.8) is 0 Å². The summed E-state index contributed by atoms with van der Waals surface area (Å²) in [7, 11) is 0. The van der Waals surface area contributed by atoms with Gasteiger partial charge in [-0.05, 0) is 41.8 Å².